The third-order valence-electron chi connectivity index (χ3n) is 7.04. The van der Waals surface area contributed by atoms with Gasteiger partial charge >= 0.3 is 0 Å². The molecule has 3 aromatic carbocycles. The summed E-state index contributed by atoms with van der Waals surface area (Å²) in [5, 5.41) is 0.751. The Labute approximate surface area is 224 Å². The third-order valence-corrected chi connectivity index (χ3v) is 8.46. The van der Waals surface area contributed by atoms with E-state index in [4.69, 9.17) is 0 Å². The summed E-state index contributed by atoms with van der Waals surface area (Å²) in [6.07, 6.45) is 2.49. The highest BCUT2D eigenvalue weighted by Gasteiger charge is 2.22. The molecule has 4 aromatic rings. The van der Waals surface area contributed by atoms with E-state index in [1.165, 1.54) is 16.7 Å². The van der Waals surface area contributed by atoms with Crippen molar-refractivity contribution in [2.45, 2.75) is 31.7 Å². The van der Waals surface area contributed by atoms with Crippen molar-refractivity contribution in [2.24, 2.45) is 0 Å². The highest BCUT2D eigenvalue weighted by atomic mass is 32.2. The van der Waals surface area contributed by atoms with Crippen molar-refractivity contribution in [3.63, 3.8) is 0 Å². The normalized spacial score (nSPS) is 14.8. The average molecular weight is 529 g/mol. The van der Waals surface area contributed by atoms with Crippen molar-refractivity contribution in [2.75, 3.05) is 30.9 Å². The maximum Gasteiger partial charge on any atom is 0.264 e. The van der Waals surface area contributed by atoms with Crippen LogP contribution in [0.2, 0.25) is 0 Å². The minimum Gasteiger partial charge on any atom is -0.337 e. The lowest BCUT2D eigenvalue weighted by molar-refractivity contribution is 0.0761. The van der Waals surface area contributed by atoms with E-state index in [0.717, 1.165) is 31.4 Å². The maximum absolute atomic E-state index is 13.2. The number of carbonyl (C=O) groups excluding carboxylic acids is 1. The van der Waals surface area contributed by atoms with Crippen LogP contribution >= 0.6 is 0 Å². The molecule has 0 unspecified atom stereocenters. The molecule has 0 spiro atoms. The number of nitrogens with zero attached hydrogens (tertiary/aromatic N) is 3. The molecule has 0 radical (unpaired) electrons. The molecule has 1 aliphatic heterocycles. The van der Waals surface area contributed by atoms with Crippen molar-refractivity contribution in [1.82, 2.24) is 14.8 Å². The summed E-state index contributed by atoms with van der Waals surface area (Å²) >= 11 is 0. The van der Waals surface area contributed by atoms with E-state index in [-0.39, 0.29) is 10.8 Å². The van der Waals surface area contributed by atoms with Crippen LogP contribution < -0.4 is 4.72 Å². The SMILES string of the molecule is Cc1ccc(C)c(CN2CCCN(C(=O)c3ccc(NS(=O)(=O)c4cccc5cccnc45)cc3)CC2)c1. The Kier molecular flexibility index (Phi) is 7.44. The number of para-hydroxylation sites is 1. The Morgan fingerprint density at radius 2 is 1.71 bits per heavy atom. The van der Waals surface area contributed by atoms with Crippen LogP contribution in [0.4, 0.5) is 5.69 Å². The highest BCUT2D eigenvalue weighted by Crippen LogP contribution is 2.24. The zero-order chi connectivity index (χ0) is 26.7. The summed E-state index contributed by atoms with van der Waals surface area (Å²) in [7, 11) is -3.85. The summed E-state index contributed by atoms with van der Waals surface area (Å²) in [6.45, 7) is 8.26. The topological polar surface area (TPSA) is 82.6 Å². The van der Waals surface area contributed by atoms with Gasteiger partial charge in [-0.3, -0.25) is 19.4 Å². The lowest BCUT2D eigenvalue weighted by Gasteiger charge is -2.23. The molecule has 1 amide bonds. The van der Waals surface area contributed by atoms with Crippen LogP contribution in [0.3, 0.4) is 0 Å². The molecule has 5 rings (SSSR count). The molecule has 0 bridgehead atoms. The molecular formula is C30H32N4O3S. The molecule has 0 aliphatic carbocycles. The number of benzene rings is 3. The fraction of sp³-hybridized carbons (Fsp3) is 0.267. The van der Waals surface area contributed by atoms with Crippen molar-refractivity contribution in [3.05, 3.63) is 101 Å². The Balaban J connectivity index is 1.23. The number of fused-ring (bicyclic) bond motifs is 1. The van der Waals surface area contributed by atoms with E-state index in [1.54, 1.807) is 48.7 Å². The van der Waals surface area contributed by atoms with E-state index >= 15 is 0 Å². The molecule has 8 heteroatoms. The number of anilines is 1. The predicted octanol–water partition coefficient (Wildman–Crippen LogP) is 5.00. The van der Waals surface area contributed by atoms with Gasteiger partial charge in [-0.2, -0.15) is 0 Å². The van der Waals surface area contributed by atoms with Gasteiger partial charge in [0, 0.05) is 55.6 Å². The van der Waals surface area contributed by atoms with Gasteiger partial charge in [0.1, 0.15) is 4.90 Å². The molecule has 7 nitrogen and oxygen atoms in total. The number of aryl methyl sites for hydroxylation is 2. The van der Waals surface area contributed by atoms with E-state index in [9.17, 15) is 13.2 Å². The molecule has 38 heavy (non-hydrogen) atoms. The second-order valence-corrected chi connectivity index (χ2v) is 11.5. The van der Waals surface area contributed by atoms with Crippen LogP contribution in [-0.4, -0.2) is 55.3 Å². The van der Waals surface area contributed by atoms with Crippen molar-refractivity contribution in [1.29, 1.82) is 0 Å². The van der Waals surface area contributed by atoms with Crippen molar-refractivity contribution < 1.29 is 13.2 Å². The second-order valence-electron chi connectivity index (χ2n) is 9.87. The zero-order valence-corrected chi connectivity index (χ0v) is 22.5. The van der Waals surface area contributed by atoms with Crippen LogP contribution in [0.1, 0.15) is 33.5 Å². The van der Waals surface area contributed by atoms with Crippen LogP contribution in [0.25, 0.3) is 10.9 Å². The molecular weight excluding hydrogens is 496 g/mol. The van der Waals surface area contributed by atoms with Gasteiger partial charge in [0.15, 0.2) is 0 Å². The van der Waals surface area contributed by atoms with Gasteiger partial charge in [0.25, 0.3) is 15.9 Å². The van der Waals surface area contributed by atoms with Gasteiger partial charge in [-0.15, -0.1) is 0 Å². The predicted molar refractivity (Wildman–Crippen MR) is 151 cm³/mol. The second kappa shape index (κ2) is 10.9. The van der Waals surface area contributed by atoms with Gasteiger partial charge in [-0.05, 0) is 67.8 Å². The number of hydrogen-bond acceptors (Lipinski definition) is 5. The van der Waals surface area contributed by atoms with Crippen LogP contribution in [0.5, 0.6) is 0 Å². The van der Waals surface area contributed by atoms with E-state index in [1.807, 2.05) is 17.0 Å². The van der Waals surface area contributed by atoms with Crippen molar-refractivity contribution in [3.8, 4) is 0 Å². The monoisotopic (exact) mass is 528 g/mol. The first-order valence-corrected chi connectivity index (χ1v) is 14.3. The molecule has 1 N–H and O–H groups in total. The number of amides is 1. The van der Waals surface area contributed by atoms with E-state index in [0.29, 0.717) is 29.9 Å². The van der Waals surface area contributed by atoms with Gasteiger partial charge < -0.3 is 4.90 Å². The number of sulfonamides is 1. The summed E-state index contributed by atoms with van der Waals surface area (Å²) in [5.41, 5.74) is 5.24. The molecule has 1 aliphatic rings. The first kappa shape index (κ1) is 25.9. The minimum atomic E-state index is -3.85. The fourth-order valence-corrected chi connectivity index (χ4v) is 6.15. The summed E-state index contributed by atoms with van der Waals surface area (Å²) in [6, 6.07) is 21.8. The minimum absolute atomic E-state index is 0.0359. The third kappa shape index (κ3) is 5.71. The molecule has 1 fully saturated rings. The Bertz CT molecular complexity index is 1560. The molecule has 2 heterocycles. The number of hydrogen-bond donors (Lipinski definition) is 1. The highest BCUT2D eigenvalue weighted by molar-refractivity contribution is 7.93. The zero-order valence-electron chi connectivity index (χ0n) is 21.7. The van der Waals surface area contributed by atoms with Gasteiger partial charge in [0.05, 0.1) is 5.52 Å². The lowest BCUT2D eigenvalue weighted by Crippen LogP contribution is -2.35. The van der Waals surface area contributed by atoms with Crippen LogP contribution in [0.15, 0.2) is 83.9 Å². The van der Waals surface area contributed by atoms with Crippen molar-refractivity contribution >= 4 is 32.5 Å². The van der Waals surface area contributed by atoms with Gasteiger partial charge in [-0.1, -0.05) is 42.0 Å². The van der Waals surface area contributed by atoms with Crippen LogP contribution in [-0.2, 0) is 16.6 Å². The molecule has 1 aromatic heterocycles. The number of aromatic nitrogens is 1. The van der Waals surface area contributed by atoms with E-state index in [2.05, 4.69) is 46.7 Å². The molecule has 196 valence electrons. The summed E-state index contributed by atoms with van der Waals surface area (Å²) < 4.78 is 28.8. The Hall–Kier alpha value is -3.75. The number of pyridine rings is 1. The Morgan fingerprint density at radius 3 is 2.53 bits per heavy atom. The average Bonchev–Trinajstić information content (AvgIpc) is 3.16. The number of rotatable bonds is 6. The molecule has 0 saturated carbocycles. The Morgan fingerprint density at radius 1 is 0.921 bits per heavy atom. The fourth-order valence-electron chi connectivity index (χ4n) is 4.91. The lowest BCUT2D eigenvalue weighted by atomic mass is 10.1. The van der Waals surface area contributed by atoms with Gasteiger partial charge in [-0.25, -0.2) is 8.42 Å². The van der Waals surface area contributed by atoms with E-state index < -0.39 is 10.0 Å². The van der Waals surface area contributed by atoms with Crippen LogP contribution in [0, 0.1) is 13.8 Å². The smallest absolute Gasteiger partial charge is 0.264 e. The largest absolute Gasteiger partial charge is 0.337 e. The van der Waals surface area contributed by atoms with Gasteiger partial charge in [0.2, 0.25) is 0 Å². The first-order valence-electron chi connectivity index (χ1n) is 12.8. The summed E-state index contributed by atoms with van der Waals surface area (Å²) in [4.78, 5) is 21.9. The molecule has 0 atom stereocenters. The number of nitrogens with one attached hydrogen (secondary N) is 1. The first-order chi connectivity index (χ1) is 18.3. The summed E-state index contributed by atoms with van der Waals surface area (Å²) in [5.74, 6) is -0.0359. The maximum atomic E-state index is 13.2. The standard InChI is InChI=1S/C30H32N4O3S/c1-22-9-10-23(2)26(20-22)21-33-16-5-17-34(19-18-33)30(35)25-11-13-27(14-12-25)32-38(36,37)28-8-3-6-24-7-4-15-31-29(24)28/h3-4,6-15,20,32H,5,16-19,21H2,1-2H3. The number of carbonyl (C=O) groups is 1. The molecule has 1 saturated heterocycles. The quantitative estimate of drug-likeness (QED) is 0.381.